The van der Waals surface area contributed by atoms with Gasteiger partial charge in [0.05, 0.1) is 11.7 Å². The molecule has 2 aromatic heterocycles. The third-order valence-electron chi connectivity index (χ3n) is 4.85. The van der Waals surface area contributed by atoms with Gasteiger partial charge in [-0.15, -0.1) is 0 Å². The van der Waals surface area contributed by atoms with Crippen molar-refractivity contribution in [3.63, 3.8) is 0 Å². The smallest absolute Gasteiger partial charge is 0.224 e. The fraction of sp³-hybridized carbons (Fsp3) is 0.286. The highest BCUT2D eigenvalue weighted by atomic mass is 16.2. The van der Waals surface area contributed by atoms with Crippen molar-refractivity contribution in [2.45, 2.75) is 25.8 Å². The number of hydrogen-bond acceptors (Lipinski definition) is 3. The van der Waals surface area contributed by atoms with Gasteiger partial charge in [-0.05, 0) is 18.6 Å². The van der Waals surface area contributed by atoms with Crippen LogP contribution >= 0.6 is 0 Å². The molecule has 1 aromatic carbocycles. The van der Waals surface area contributed by atoms with E-state index in [1.807, 2.05) is 35.5 Å². The summed E-state index contributed by atoms with van der Waals surface area (Å²) in [5.74, 6) is 1.15. The number of amides is 1. The number of likely N-dealkylation sites (tertiary alicyclic amines) is 1. The number of pyridine rings is 1. The van der Waals surface area contributed by atoms with E-state index in [4.69, 9.17) is 0 Å². The molecule has 0 aliphatic carbocycles. The lowest BCUT2D eigenvalue weighted by Crippen LogP contribution is -2.26. The maximum absolute atomic E-state index is 12.2. The molecule has 1 aliphatic rings. The van der Waals surface area contributed by atoms with Crippen molar-refractivity contribution >= 4 is 5.91 Å². The van der Waals surface area contributed by atoms with Crippen LogP contribution in [0.4, 0.5) is 0 Å². The first kappa shape index (κ1) is 16.5. The van der Waals surface area contributed by atoms with Crippen LogP contribution in [0, 0.1) is 0 Å². The second-order valence-electron chi connectivity index (χ2n) is 6.65. The van der Waals surface area contributed by atoms with E-state index in [9.17, 15) is 4.79 Å². The van der Waals surface area contributed by atoms with Crippen LogP contribution in [0.15, 0.2) is 61.1 Å². The van der Waals surface area contributed by atoms with Gasteiger partial charge >= 0.3 is 0 Å². The first-order valence-corrected chi connectivity index (χ1v) is 9.08. The molecule has 5 nitrogen and oxygen atoms in total. The zero-order valence-corrected chi connectivity index (χ0v) is 14.9. The largest absolute Gasteiger partial charge is 0.341 e. The van der Waals surface area contributed by atoms with Crippen molar-refractivity contribution in [1.29, 1.82) is 0 Å². The molecular weight excluding hydrogens is 324 g/mol. The highest BCUT2D eigenvalue weighted by molar-refractivity contribution is 5.79. The van der Waals surface area contributed by atoms with Crippen LogP contribution in [0.25, 0.3) is 22.6 Å². The van der Waals surface area contributed by atoms with Gasteiger partial charge in [-0.3, -0.25) is 9.78 Å². The summed E-state index contributed by atoms with van der Waals surface area (Å²) >= 11 is 0. The molecular formula is C21H22N4O. The summed E-state index contributed by atoms with van der Waals surface area (Å²) < 4.78 is 2.14. The molecule has 1 atom stereocenters. The van der Waals surface area contributed by atoms with Crippen molar-refractivity contribution in [3.05, 3.63) is 61.1 Å². The Morgan fingerprint density at radius 2 is 1.85 bits per heavy atom. The van der Waals surface area contributed by atoms with Gasteiger partial charge in [-0.25, -0.2) is 4.98 Å². The normalized spacial score (nSPS) is 17.0. The van der Waals surface area contributed by atoms with Crippen molar-refractivity contribution < 1.29 is 4.79 Å². The van der Waals surface area contributed by atoms with Gasteiger partial charge < -0.3 is 9.47 Å². The Balaban J connectivity index is 1.58. The predicted molar refractivity (Wildman–Crippen MR) is 101 cm³/mol. The van der Waals surface area contributed by atoms with E-state index in [1.165, 1.54) is 0 Å². The third-order valence-corrected chi connectivity index (χ3v) is 4.85. The van der Waals surface area contributed by atoms with Crippen molar-refractivity contribution in [2.24, 2.45) is 0 Å². The number of rotatable bonds is 5. The average molecular weight is 346 g/mol. The SMILES string of the molecule is CCCN1CC(n2ccnc2-c2ccc(-c3ccccn3)cc2)CC1=O. The molecule has 0 spiro atoms. The number of benzene rings is 1. The number of nitrogens with zero attached hydrogens (tertiary/aromatic N) is 4. The van der Waals surface area contributed by atoms with Gasteiger partial charge in [0.2, 0.25) is 5.91 Å². The quantitative estimate of drug-likeness (QED) is 0.706. The molecule has 26 heavy (non-hydrogen) atoms. The lowest BCUT2D eigenvalue weighted by atomic mass is 10.1. The summed E-state index contributed by atoms with van der Waals surface area (Å²) in [4.78, 5) is 23.1. The van der Waals surface area contributed by atoms with Crippen molar-refractivity contribution in [1.82, 2.24) is 19.4 Å². The zero-order chi connectivity index (χ0) is 17.9. The number of carbonyl (C=O) groups is 1. The molecule has 1 amide bonds. The van der Waals surface area contributed by atoms with Gasteiger partial charge in [0.15, 0.2) is 0 Å². The van der Waals surface area contributed by atoms with Crippen LogP contribution in [-0.2, 0) is 4.79 Å². The second-order valence-corrected chi connectivity index (χ2v) is 6.65. The van der Waals surface area contributed by atoms with Gasteiger partial charge in [-0.1, -0.05) is 37.3 Å². The molecule has 132 valence electrons. The van der Waals surface area contributed by atoms with E-state index in [0.29, 0.717) is 6.42 Å². The number of hydrogen-bond donors (Lipinski definition) is 0. The second kappa shape index (κ2) is 7.12. The highest BCUT2D eigenvalue weighted by Crippen LogP contribution is 2.29. The molecule has 1 fully saturated rings. The summed E-state index contributed by atoms with van der Waals surface area (Å²) in [6, 6.07) is 14.3. The highest BCUT2D eigenvalue weighted by Gasteiger charge is 2.31. The molecule has 4 rings (SSSR count). The van der Waals surface area contributed by atoms with Crippen LogP contribution in [0.2, 0.25) is 0 Å². The molecule has 0 bridgehead atoms. The average Bonchev–Trinajstić information content (AvgIpc) is 3.30. The zero-order valence-electron chi connectivity index (χ0n) is 14.9. The van der Waals surface area contributed by atoms with Gasteiger partial charge in [0.25, 0.3) is 0 Å². The molecule has 0 saturated carbocycles. The molecule has 5 heteroatoms. The first-order chi connectivity index (χ1) is 12.8. The summed E-state index contributed by atoms with van der Waals surface area (Å²) in [5.41, 5.74) is 3.09. The van der Waals surface area contributed by atoms with E-state index in [0.717, 1.165) is 42.2 Å². The summed E-state index contributed by atoms with van der Waals surface area (Å²) in [6.07, 6.45) is 7.14. The van der Waals surface area contributed by atoms with Crippen molar-refractivity contribution in [2.75, 3.05) is 13.1 Å². The van der Waals surface area contributed by atoms with Crippen LogP contribution in [0.3, 0.4) is 0 Å². The summed E-state index contributed by atoms with van der Waals surface area (Å²) in [7, 11) is 0. The van der Waals surface area contributed by atoms with Gasteiger partial charge in [0.1, 0.15) is 5.82 Å². The Hall–Kier alpha value is -2.95. The third kappa shape index (κ3) is 3.12. The molecule has 1 aliphatic heterocycles. The first-order valence-electron chi connectivity index (χ1n) is 9.08. The molecule has 1 unspecified atom stereocenters. The van der Waals surface area contributed by atoms with Crippen LogP contribution in [-0.4, -0.2) is 38.4 Å². The Morgan fingerprint density at radius 1 is 1.04 bits per heavy atom. The predicted octanol–water partition coefficient (Wildman–Crippen LogP) is 3.80. The Morgan fingerprint density at radius 3 is 2.58 bits per heavy atom. The minimum Gasteiger partial charge on any atom is -0.341 e. The van der Waals surface area contributed by atoms with E-state index in [2.05, 4.69) is 45.7 Å². The minimum absolute atomic E-state index is 0.155. The molecule has 0 N–H and O–H groups in total. The fourth-order valence-corrected chi connectivity index (χ4v) is 3.58. The lowest BCUT2D eigenvalue weighted by Gasteiger charge is -2.17. The van der Waals surface area contributed by atoms with Gasteiger partial charge in [-0.2, -0.15) is 0 Å². The van der Waals surface area contributed by atoms with E-state index >= 15 is 0 Å². The van der Waals surface area contributed by atoms with Crippen molar-refractivity contribution in [3.8, 4) is 22.6 Å². The number of aromatic nitrogens is 3. The number of carbonyl (C=O) groups excluding carboxylic acids is 1. The molecule has 1 saturated heterocycles. The maximum atomic E-state index is 12.2. The fourth-order valence-electron chi connectivity index (χ4n) is 3.58. The van der Waals surface area contributed by atoms with E-state index < -0.39 is 0 Å². The van der Waals surface area contributed by atoms with Crippen LogP contribution in [0.5, 0.6) is 0 Å². The monoisotopic (exact) mass is 346 g/mol. The van der Waals surface area contributed by atoms with E-state index in [1.54, 1.807) is 6.20 Å². The lowest BCUT2D eigenvalue weighted by molar-refractivity contribution is -0.127. The van der Waals surface area contributed by atoms with Crippen LogP contribution in [0.1, 0.15) is 25.8 Å². The Bertz CT molecular complexity index is 886. The Kier molecular flexibility index (Phi) is 4.52. The molecule has 0 radical (unpaired) electrons. The van der Waals surface area contributed by atoms with E-state index in [-0.39, 0.29) is 11.9 Å². The summed E-state index contributed by atoms with van der Waals surface area (Å²) in [6.45, 7) is 3.70. The molecule has 3 heterocycles. The summed E-state index contributed by atoms with van der Waals surface area (Å²) in [5, 5.41) is 0. The standard InChI is InChI=1S/C21H22N4O/c1-2-12-24-15-18(14-20(24)26)25-13-11-23-21(25)17-8-6-16(7-9-17)19-5-3-4-10-22-19/h3-11,13,18H,2,12,14-15H2,1H3. The minimum atomic E-state index is 0.155. The Labute approximate surface area is 153 Å². The van der Waals surface area contributed by atoms with Gasteiger partial charge in [0, 0.05) is 49.2 Å². The maximum Gasteiger partial charge on any atom is 0.224 e. The van der Waals surface area contributed by atoms with Crippen LogP contribution < -0.4 is 0 Å². The molecule has 3 aromatic rings. The topological polar surface area (TPSA) is 51.0 Å². The number of imidazole rings is 1.